The van der Waals surface area contributed by atoms with E-state index in [0.717, 1.165) is 22.1 Å². The molecule has 0 aliphatic rings. The van der Waals surface area contributed by atoms with E-state index >= 15 is 0 Å². The minimum Gasteiger partial charge on any atom is -0.378 e. The van der Waals surface area contributed by atoms with E-state index in [1.807, 2.05) is 37.8 Å². The van der Waals surface area contributed by atoms with Crippen LogP contribution in [0.3, 0.4) is 0 Å². The minimum atomic E-state index is 0. The summed E-state index contributed by atoms with van der Waals surface area (Å²) in [6.07, 6.45) is 3.59. The average Bonchev–Trinajstić information content (AvgIpc) is 2.97. The molecule has 4 nitrogen and oxygen atoms in total. The second-order valence-electron chi connectivity index (χ2n) is 4.85. The molecule has 22 heavy (non-hydrogen) atoms. The van der Waals surface area contributed by atoms with Gasteiger partial charge >= 0.3 is 0 Å². The molecule has 0 saturated heterocycles. The molecule has 3 rings (SSSR count). The van der Waals surface area contributed by atoms with E-state index in [1.54, 1.807) is 17.5 Å². The fraction of sp³-hybridized carbons (Fsp3) is 0.125. The van der Waals surface area contributed by atoms with Gasteiger partial charge in [0.25, 0.3) is 0 Å². The van der Waals surface area contributed by atoms with Crippen molar-refractivity contribution in [2.45, 2.75) is 0 Å². The third-order valence-electron chi connectivity index (χ3n) is 3.10. The van der Waals surface area contributed by atoms with Gasteiger partial charge in [-0.15, -0.1) is 28.3 Å². The lowest BCUT2D eigenvalue weighted by atomic mass is 10.2. The number of nitrogens with zero attached hydrogens (tertiary/aromatic N) is 3. The van der Waals surface area contributed by atoms with Crippen LogP contribution in [0, 0.1) is 0 Å². The van der Waals surface area contributed by atoms with Crippen molar-refractivity contribution >= 4 is 44.8 Å². The van der Waals surface area contributed by atoms with Gasteiger partial charge in [-0.3, -0.25) is 4.98 Å². The molecule has 1 aromatic carbocycles. The van der Waals surface area contributed by atoms with Crippen LogP contribution in [-0.4, -0.2) is 24.1 Å². The summed E-state index contributed by atoms with van der Waals surface area (Å²) in [5, 5.41) is 6.24. The topological polar surface area (TPSA) is 41.0 Å². The summed E-state index contributed by atoms with van der Waals surface area (Å²) in [6.45, 7) is 0. The summed E-state index contributed by atoms with van der Waals surface area (Å²) in [5.41, 5.74) is 4.19. The molecule has 1 N–H and O–H groups in total. The number of aromatic nitrogens is 2. The van der Waals surface area contributed by atoms with E-state index in [9.17, 15) is 0 Å². The van der Waals surface area contributed by atoms with Crippen LogP contribution >= 0.6 is 28.3 Å². The van der Waals surface area contributed by atoms with E-state index in [2.05, 4.69) is 44.5 Å². The van der Waals surface area contributed by atoms with Crippen molar-refractivity contribution in [2.75, 3.05) is 24.3 Å². The van der Waals surface area contributed by atoms with Gasteiger partial charge in [-0.2, -0.15) is 0 Å². The molecule has 0 fully saturated rings. The molecule has 0 unspecified atom stereocenters. The minimum absolute atomic E-state index is 0. The van der Waals surface area contributed by atoms with Gasteiger partial charge in [0.15, 0.2) is 5.13 Å². The Labute approximate surface area is 144 Å². The fourth-order valence-corrected chi connectivity index (χ4v) is 2.68. The number of nitrogens with one attached hydrogen (secondary N) is 1. The van der Waals surface area contributed by atoms with Gasteiger partial charge < -0.3 is 10.2 Å². The van der Waals surface area contributed by atoms with E-state index in [4.69, 9.17) is 0 Å². The molecule has 0 saturated carbocycles. The molecule has 0 aliphatic heterocycles. The van der Waals surface area contributed by atoms with Crippen molar-refractivity contribution in [3.63, 3.8) is 0 Å². The fourth-order valence-electron chi connectivity index (χ4n) is 1.94. The lowest BCUT2D eigenvalue weighted by Gasteiger charge is -2.12. The Balaban J connectivity index is 0.00000176. The Kier molecular flexibility index (Phi) is 5.51. The lowest BCUT2D eigenvalue weighted by Crippen LogP contribution is -2.08. The van der Waals surface area contributed by atoms with Gasteiger partial charge in [-0.25, -0.2) is 4.98 Å². The number of hydrogen-bond donors (Lipinski definition) is 1. The van der Waals surface area contributed by atoms with Crippen molar-refractivity contribution in [1.82, 2.24) is 9.97 Å². The average molecular weight is 377 g/mol. The number of rotatable bonds is 4. The smallest absolute Gasteiger partial charge is 0.187 e. The normalized spacial score (nSPS) is 9.91. The van der Waals surface area contributed by atoms with Gasteiger partial charge in [0.05, 0.1) is 5.69 Å². The molecule has 3 aromatic rings. The summed E-state index contributed by atoms with van der Waals surface area (Å²) < 4.78 is 0. The van der Waals surface area contributed by atoms with Crippen LogP contribution in [0.1, 0.15) is 0 Å². The molecule has 2 aromatic heterocycles. The Morgan fingerprint density at radius 3 is 2.50 bits per heavy atom. The maximum absolute atomic E-state index is 4.59. The van der Waals surface area contributed by atoms with Gasteiger partial charge in [-0.1, -0.05) is 0 Å². The Bertz CT molecular complexity index is 711. The highest BCUT2D eigenvalue weighted by atomic mass is 79.9. The first-order valence-corrected chi connectivity index (χ1v) is 7.51. The first-order valence-electron chi connectivity index (χ1n) is 6.63. The predicted molar refractivity (Wildman–Crippen MR) is 99.7 cm³/mol. The Morgan fingerprint density at radius 2 is 1.86 bits per heavy atom. The first kappa shape index (κ1) is 16.5. The molecule has 0 radical (unpaired) electrons. The molecular weight excluding hydrogens is 360 g/mol. The summed E-state index contributed by atoms with van der Waals surface area (Å²) >= 11 is 1.59. The third-order valence-corrected chi connectivity index (χ3v) is 3.85. The molecule has 0 bridgehead atoms. The molecule has 0 aliphatic carbocycles. The highest BCUT2D eigenvalue weighted by molar-refractivity contribution is 8.93. The molecule has 0 atom stereocenters. The SMILES string of the molecule is Br.CN(C)c1ccc(Nc2nc(-c3cccnc3)cs2)cc1. The molecule has 114 valence electrons. The largest absolute Gasteiger partial charge is 0.378 e. The highest BCUT2D eigenvalue weighted by Crippen LogP contribution is 2.27. The van der Waals surface area contributed by atoms with Crippen LogP contribution in [-0.2, 0) is 0 Å². The zero-order valence-electron chi connectivity index (χ0n) is 12.4. The second kappa shape index (κ2) is 7.38. The van der Waals surface area contributed by atoms with Crippen LogP contribution in [0.4, 0.5) is 16.5 Å². The van der Waals surface area contributed by atoms with Crippen LogP contribution in [0.2, 0.25) is 0 Å². The molecule has 0 amide bonds. The van der Waals surface area contributed by atoms with E-state index in [1.165, 1.54) is 5.69 Å². The maximum Gasteiger partial charge on any atom is 0.187 e. The maximum atomic E-state index is 4.59. The zero-order chi connectivity index (χ0) is 14.7. The molecule has 6 heteroatoms. The third kappa shape index (κ3) is 3.84. The molecule has 0 spiro atoms. The second-order valence-corrected chi connectivity index (χ2v) is 5.70. The van der Waals surface area contributed by atoms with Crippen molar-refractivity contribution in [1.29, 1.82) is 0 Å². The highest BCUT2D eigenvalue weighted by Gasteiger charge is 2.05. The van der Waals surface area contributed by atoms with Gasteiger partial charge in [0.2, 0.25) is 0 Å². The summed E-state index contributed by atoms with van der Waals surface area (Å²) in [4.78, 5) is 10.8. The number of pyridine rings is 1. The molecule has 2 heterocycles. The monoisotopic (exact) mass is 376 g/mol. The van der Waals surface area contributed by atoms with Crippen molar-refractivity contribution in [3.8, 4) is 11.3 Å². The Hall–Kier alpha value is -1.92. The van der Waals surface area contributed by atoms with Crippen LogP contribution < -0.4 is 10.2 Å². The van der Waals surface area contributed by atoms with Gasteiger partial charge in [0, 0.05) is 48.8 Å². The van der Waals surface area contributed by atoms with Crippen molar-refractivity contribution in [3.05, 3.63) is 54.2 Å². The summed E-state index contributed by atoms with van der Waals surface area (Å²) in [5.74, 6) is 0. The zero-order valence-corrected chi connectivity index (χ0v) is 14.9. The van der Waals surface area contributed by atoms with Crippen LogP contribution in [0.5, 0.6) is 0 Å². The number of benzene rings is 1. The number of anilines is 3. The quantitative estimate of drug-likeness (QED) is 0.722. The van der Waals surface area contributed by atoms with Gasteiger partial charge in [-0.05, 0) is 36.4 Å². The van der Waals surface area contributed by atoms with E-state index in [0.29, 0.717) is 0 Å². The Morgan fingerprint density at radius 1 is 1.09 bits per heavy atom. The van der Waals surface area contributed by atoms with Crippen molar-refractivity contribution in [2.24, 2.45) is 0 Å². The standard InChI is InChI=1S/C16H16N4S.BrH/c1-20(2)14-7-5-13(6-8-14)18-16-19-15(11-21-16)12-4-3-9-17-10-12;/h3-11H,1-2H3,(H,18,19);1H. The lowest BCUT2D eigenvalue weighted by molar-refractivity contribution is 1.13. The number of halogens is 1. The predicted octanol–water partition coefficient (Wildman–Crippen LogP) is 4.59. The first-order chi connectivity index (χ1) is 10.2. The van der Waals surface area contributed by atoms with Crippen molar-refractivity contribution < 1.29 is 0 Å². The van der Waals surface area contributed by atoms with Crippen LogP contribution in [0.25, 0.3) is 11.3 Å². The number of hydrogen-bond acceptors (Lipinski definition) is 5. The molecular formula is C16H17BrN4S. The number of thiazole rings is 1. The van der Waals surface area contributed by atoms with Gasteiger partial charge in [0.1, 0.15) is 0 Å². The van der Waals surface area contributed by atoms with E-state index in [-0.39, 0.29) is 17.0 Å². The summed E-state index contributed by atoms with van der Waals surface area (Å²) in [6, 6.07) is 12.2. The summed E-state index contributed by atoms with van der Waals surface area (Å²) in [7, 11) is 4.06. The van der Waals surface area contributed by atoms with E-state index < -0.39 is 0 Å². The van der Waals surface area contributed by atoms with Crippen LogP contribution in [0.15, 0.2) is 54.2 Å².